The summed E-state index contributed by atoms with van der Waals surface area (Å²) in [6.45, 7) is 1.92. The van der Waals surface area contributed by atoms with Crippen molar-refractivity contribution in [2.45, 2.75) is 11.9 Å². The average Bonchev–Trinajstić information content (AvgIpc) is 2.94. The van der Waals surface area contributed by atoms with Crippen molar-refractivity contribution < 1.29 is 9.53 Å². The van der Waals surface area contributed by atoms with Crippen molar-refractivity contribution in [2.75, 3.05) is 18.2 Å². The van der Waals surface area contributed by atoms with Gasteiger partial charge in [-0.3, -0.25) is 9.48 Å². The number of hydrogen-bond donors (Lipinski definition) is 1. The van der Waals surface area contributed by atoms with Crippen molar-refractivity contribution in [1.82, 2.24) is 14.8 Å². The van der Waals surface area contributed by atoms with Gasteiger partial charge in [0.1, 0.15) is 11.6 Å². The first-order valence-corrected chi connectivity index (χ1v) is 9.09. The van der Waals surface area contributed by atoms with Crippen LogP contribution in [-0.2, 0) is 11.8 Å². The Morgan fingerprint density at radius 1 is 1.23 bits per heavy atom. The average molecular weight is 368 g/mol. The van der Waals surface area contributed by atoms with E-state index in [9.17, 15) is 4.79 Å². The molecule has 0 unspecified atom stereocenters. The van der Waals surface area contributed by atoms with E-state index in [-0.39, 0.29) is 11.7 Å². The second kappa shape index (κ2) is 8.05. The Kier molecular flexibility index (Phi) is 5.58. The van der Waals surface area contributed by atoms with Crippen molar-refractivity contribution in [3.05, 3.63) is 54.4 Å². The van der Waals surface area contributed by atoms with Crippen molar-refractivity contribution >= 4 is 23.5 Å². The number of pyridine rings is 1. The van der Waals surface area contributed by atoms with Crippen LogP contribution in [0, 0.1) is 6.92 Å². The van der Waals surface area contributed by atoms with Crippen LogP contribution in [-0.4, -0.2) is 33.5 Å². The molecule has 6 nitrogen and oxygen atoms in total. The van der Waals surface area contributed by atoms with Gasteiger partial charge in [-0.2, -0.15) is 5.10 Å². The number of ether oxygens (including phenoxy) is 1. The van der Waals surface area contributed by atoms with Gasteiger partial charge in [0.15, 0.2) is 0 Å². The number of amides is 1. The summed E-state index contributed by atoms with van der Waals surface area (Å²) < 4.78 is 7.15. The lowest BCUT2D eigenvalue weighted by Gasteiger charge is -2.12. The third-order valence-electron chi connectivity index (χ3n) is 3.85. The van der Waals surface area contributed by atoms with Crippen LogP contribution in [0.25, 0.3) is 11.1 Å². The summed E-state index contributed by atoms with van der Waals surface area (Å²) in [6.07, 6.45) is 1.71. The maximum atomic E-state index is 12.5. The molecule has 7 heteroatoms. The molecule has 2 heterocycles. The largest absolute Gasteiger partial charge is 0.496 e. The van der Waals surface area contributed by atoms with Gasteiger partial charge in [-0.1, -0.05) is 36.0 Å². The Bertz CT molecular complexity index is 909. The number of nitrogens with one attached hydrogen (secondary N) is 1. The molecule has 0 radical (unpaired) electrons. The fourth-order valence-electron chi connectivity index (χ4n) is 2.72. The van der Waals surface area contributed by atoms with Crippen LogP contribution in [0.2, 0.25) is 0 Å². The van der Waals surface area contributed by atoms with Crippen LogP contribution in [0.4, 0.5) is 5.82 Å². The molecule has 1 aromatic carbocycles. The molecule has 26 heavy (non-hydrogen) atoms. The smallest absolute Gasteiger partial charge is 0.235 e. The highest BCUT2D eigenvalue weighted by atomic mass is 32.2. The molecule has 2 aromatic heterocycles. The molecule has 1 N–H and O–H groups in total. The molecule has 0 spiro atoms. The number of nitrogens with zero attached hydrogens (tertiary/aromatic N) is 3. The number of benzene rings is 1. The molecule has 0 aliphatic carbocycles. The van der Waals surface area contributed by atoms with Gasteiger partial charge < -0.3 is 10.1 Å². The summed E-state index contributed by atoms with van der Waals surface area (Å²) in [5.41, 5.74) is 2.58. The molecule has 0 fully saturated rings. The molecule has 3 rings (SSSR count). The Hall–Kier alpha value is -2.80. The summed E-state index contributed by atoms with van der Waals surface area (Å²) in [5, 5.41) is 8.25. The summed E-state index contributed by atoms with van der Waals surface area (Å²) in [5.74, 6) is 1.55. The van der Waals surface area contributed by atoms with E-state index in [1.165, 1.54) is 11.8 Å². The molecule has 3 aromatic rings. The Morgan fingerprint density at radius 2 is 2.00 bits per heavy atom. The van der Waals surface area contributed by atoms with E-state index in [0.717, 1.165) is 27.6 Å². The molecular weight excluding hydrogens is 348 g/mol. The number of thioether (sulfide) groups is 1. The lowest BCUT2D eigenvalue weighted by Crippen LogP contribution is -2.17. The first-order valence-electron chi connectivity index (χ1n) is 8.11. The lowest BCUT2D eigenvalue weighted by molar-refractivity contribution is -0.113. The van der Waals surface area contributed by atoms with Gasteiger partial charge in [-0.15, -0.1) is 0 Å². The summed E-state index contributed by atoms with van der Waals surface area (Å²) in [6, 6.07) is 13.3. The van der Waals surface area contributed by atoms with Crippen molar-refractivity contribution in [3.8, 4) is 16.9 Å². The minimum atomic E-state index is -0.111. The summed E-state index contributed by atoms with van der Waals surface area (Å²) in [4.78, 5) is 16.7. The monoisotopic (exact) mass is 368 g/mol. The zero-order chi connectivity index (χ0) is 18.5. The minimum absolute atomic E-state index is 0.111. The van der Waals surface area contributed by atoms with Crippen LogP contribution < -0.4 is 10.1 Å². The number of hydrogen-bond acceptors (Lipinski definition) is 5. The fraction of sp³-hybridized carbons (Fsp3) is 0.211. The topological polar surface area (TPSA) is 69.0 Å². The van der Waals surface area contributed by atoms with Crippen molar-refractivity contribution in [2.24, 2.45) is 7.05 Å². The fourth-order valence-corrected chi connectivity index (χ4v) is 3.38. The molecule has 0 bridgehead atoms. The lowest BCUT2D eigenvalue weighted by atomic mass is 10.0. The van der Waals surface area contributed by atoms with Crippen molar-refractivity contribution in [3.63, 3.8) is 0 Å². The van der Waals surface area contributed by atoms with Gasteiger partial charge >= 0.3 is 0 Å². The van der Waals surface area contributed by atoms with Crippen LogP contribution in [0.3, 0.4) is 0 Å². The molecule has 1 amide bonds. The maximum Gasteiger partial charge on any atom is 0.235 e. The molecule has 0 saturated heterocycles. The third-order valence-corrected chi connectivity index (χ3v) is 4.79. The van der Waals surface area contributed by atoms with Crippen LogP contribution in [0.5, 0.6) is 5.75 Å². The van der Waals surface area contributed by atoms with Crippen molar-refractivity contribution in [1.29, 1.82) is 0 Å². The molecular formula is C19H20N4O2S. The molecule has 134 valence electrons. The van der Waals surface area contributed by atoms with E-state index in [2.05, 4.69) is 15.4 Å². The first-order chi connectivity index (χ1) is 12.6. The number of methoxy groups -OCH3 is 1. The van der Waals surface area contributed by atoms with Gasteiger partial charge in [0, 0.05) is 18.8 Å². The Balaban J connectivity index is 1.83. The Labute approximate surface area is 156 Å². The normalized spacial score (nSPS) is 10.6. The van der Waals surface area contributed by atoms with E-state index in [1.54, 1.807) is 18.0 Å². The highest BCUT2D eigenvalue weighted by Crippen LogP contribution is 2.37. The summed E-state index contributed by atoms with van der Waals surface area (Å²) in [7, 11) is 3.44. The number of anilines is 1. The molecule has 0 atom stereocenters. The number of aryl methyl sites for hydroxylation is 2. The maximum absolute atomic E-state index is 12.5. The molecule has 0 aliphatic heterocycles. The minimum Gasteiger partial charge on any atom is -0.496 e. The number of carbonyl (C=O) groups is 1. The quantitative estimate of drug-likeness (QED) is 0.674. The molecule has 0 saturated carbocycles. The van der Waals surface area contributed by atoms with Gasteiger partial charge in [-0.05, 0) is 25.1 Å². The number of para-hydroxylation sites is 1. The van der Waals surface area contributed by atoms with Crippen LogP contribution in [0.15, 0.2) is 53.7 Å². The Morgan fingerprint density at radius 3 is 2.73 bits per heavy atom. The molecule has 0 aliphatic rings. The predicted molar refractivity (Wildman–Crippen MR) is 104 cm³/mol. The van der Waals surface area contributed by atoms with Gasteiger partial charge in [0.2, 0.25) is 5.91 Å². The third kappa shape index (κ3) is 3.88. The number of rotatable bonds is 6. The van der Waals surface area contributed by atoms with E-state index in [1.807, 2.05) is 56.4 Å². The highest BCUT2D eigenvalue weighted by molar-refractivity contribution is 7.99. The summed E-state index contributed by atoms with van der Waals surface area (Å²) >= 11 is 1.39. The van der Waals surface area contributed by atoms with E-state index in [4.69, 9.17) is 4.74 Å². The number of aromatic nitrogens is 3. The second-order valence-electron chi connectivity index (χ2n) is 5.64. The van der Waals surface area contributed by atoms with E-state index in [0.29, 0.717) is 5.82 Å². The second-order valence-corrected chi connectivity index (χ2v) is 6.63. The number of carbonyl (C=O) groups excluding carboxylic acids is 1. The first kappa shape index (κ1) is 18.0. The predicted octanol–water partition coefficient (Wildman–Crippen LogP) is 3.53. The van der Waals surface area contributed by atoms with Crippen LogP contribution >= 0.6 is 11.8 Å². The van der Waals surface area contributed by atoms with Gasteiger partial charge in [0.05, 0.1) is 29.1 Å². The SMILES string of the molecule is COc1ccccc1-c1c(C)nn(C)c1NC(=O)CSc1ccccn1. The van der Waals surface area contributed by atoms with Gasteiger partial charge in [-0.25, -0.2) is 4.98 Å². The van der Waals surface area contributed by atoms with Crippen LogP contribution in [0.1, 0.15) is 5.69 Å². The highest BCUT2D eigenvalue weighted by Gasteiger charge is 2.20. The van der Waals surface area contributed by atoms with E-state index < -0.39 is 0 Å². The van der Waals surface area contributed by atoms with Gasteiger partial charge in [0.25, 0.3) is 0 Å². The van der Waals surface area contributed by atoms with E-state index >= 15 is 0 Å². The standard InChI is InChI=1S/C19H20N4O2S/c1-13-18(14-8-4-5-9-15(14)25-3)19(23(2)22-13)21-16(24)12-26-17-10-6-7-11-20-17/h4-11H,12H2,1-3H3,(H,21,24). The zero-order valence-corrected chi connectivity index (χ0v) is 15.7. The zero-order valence-electron chi connectivity index (χ0n) is 14.9.